The second-order valence-electron chi connectivity index (χ2n) is 8.66. The summed E-state index contributed by atoms with van der Waals surface area (Å²) in [4.78, 5) is 9.74. The molecular formula is C22H25N3O. The molecule has 4 nitrogen and oxygen atoms in total. The first kappa shape index (κ1) is 17.0. The average molecular weight is 347 g/mol. The number of hydrogen-bond donors (Lipinski definition) is 0. The zero-order chi connectivity index (χ0) is 18.5. The molecule has 4 rings (SSSR count). The number of rotatable bonds is 2. The van der Waals surface area contributed by atoms with E-state index in [1.807, 2.05) is 12.3 Å². The summed E-state index contributed by atoms with van der Waals surface area (Å²) in [7, 11) is 0. The van der Waals surface area contributed by atoms with Gasteiger partial charge >= 0.3 is 0 Å². The van der Waals surface area contributed by atoms with E-state index in [0.29, 0.717) is 5.76 Å². The van der Waals surface area contributed by atoms with Crippen molar-refractivity contribution < 1.29 is 4.52 Å². The van der Waals surface area contributed by atoms with Gasteiger partial charge in [-0.1, -0.05) is 62.7 Å². The SMILES string of the molecule is Cc1ccc(-c2cc(-c3cnc4c(n3)C(C)(C)CCC4(C)C)on2)cc1. The van der Waals surface area contributed by atoms with E-state index in [1.54, 1.807) is 0 Å². The van der Waals surface area contributed by atoms with Gasteiger partial charge in [0.05, 0.1) is 17.6 Å². The molecule has 0 N–H and O–H groups in total. The predicted molar refractivity (Wildman–Crippen MR) is 103 cm³/mol. The summed E-state index contributed by atoms with van der Waals surface area (Å²) in [5, 5.41) is 4.23. The van der Waals surface area contributed by atoms with Crippen molar-refractivity contribution in [1.29, 1.82) is 0 Å². The Morgan fingerprint density at radius 3 is 2.23 bits per heavy atom. The molecular weight excluding hydrogens is 322 g/mol. The van der Waals surface area contributed by atoms with Crippen LogP contribution in [0.4, 0.5) is 0 Å². The fourth-order valence-electron chi connectivity index (χ4n) is 3.59. The van der Waals surface area contributed by atoms with E-state index in [9.17, 15) is 0 Å². The molecule has 0 saturated heterocycles. The van der Waals surface area contributed by atoms with Crippen LogP contribution in [0.2, 0.25) is 0 Å². The van der Waals surface area contributed by atoms with E-state index in [-0.39, 0.29) is 10.8 Å². The van der Waals surface area contributed by atoms with Crippen LogP contribution in [-0.2, 0) is 10.8 Å². The summed E-state index contributed by atoms with van der Waals surface area (Å²) < 4.78 is 5.59. The van der Waals surface area contributed by atoms with Gasteiger partial charge in [-0.05, 0) is 19.8 Å². The van der Waals surface area contributed by atoms with Crippen LogP contribution in [0.3, 0.4) is 0 Å². The number of aryl methyl sites for hydroxylation is 1. The fourth-order valence-corrected chi connectivity index (χ4v) is 3.59. The lowest BCUT2D eigenvalue weighted by molar-refractivity contribution is 0.314. The van der Waals surface area contributed by atoms with Crippen LogP contribution in [0.1, 0.15) is 57.5 Å². The second kappa shape index (κ2) is 5.76. The summed E-state index contributed by atoms with van der Waals surface area (Å²) in [5.41, 5.74) is 6.11. The van der Waals surface area contributed by atoms with Crippen molar-refractivity contribution in [3.05, 3.63) is 53.5 Å². The number of aromatic nitrogens is 3. The molecule has 0 atom stereocenters. The van der Waals surface area contributed by atoms with Gasteiger partial charge in [-0.15, -0.1) is 0 Å². The molecule has 3 aromatic rings. The largest absolute Gasteiger partial charge is 0.354 e. The third-order valence-corrected chi connectivity index (χ3v) is 5.54. The fraction of sp³-hybridized carbons (Fsp3) is 0.409. The molecule has 1 aliphatic carbocycles. The van der Waals surface area contributed by atoms with E-state index in [0.717, 1.165) is 41.2 Å². The number of nitrogens with zero attached hydrogens (tertiary/aromatic N) is 3. The molecule has 0 amide bonds. The highest BCUT2D eigenvalue weighted by Crippen LogP contribution is 2.44. The molecule has 1 aliphatic rings. The van der Waals surface area contributed by atoms with Gasteiger partial charge < -0.3 is 4.52 Å². The Bertz CT molecular complexity index is 952. The van der Waals surface area contributed by atoms with Crippen molar-refractivity contribution in [2.24, 2.45) is 0 Å². The topological polar surface area (TPSA) is 51.8 Å². The van der Waals surface area contributed by atoms with Gasteiger partial charge in [0.15, 0.2) is 5.76 Å². The Labute approximate surface area is 154 Å². The minimum atomic E-state index is 0.0215. The minimum Gasteiger partial charge on any atom is -0.354 e. The van der Waals surface area contributed by atoms with E-state index in [1.165, 1.54) is 5.56 Å². The molecule has 134 valence electrons. The van der Waals surface area contributed by atoms with E-state index < -0.39 is 0 Å². The minimum absolute atomic E-state index is 0.0215. The molecule has 0 unspecified atom stereocenters. The predicted octanol–water partition coefficient (Wildman–Crippen LogP) is 5.46. The quantitative estimate of drug-likeness (QED) is 0.618. The molecule has 0 bridgehead atoms. The van der Waals surface area contributed by atoms with Crippen molar-refractivity contribution in [3.8, 4) is 22.7 Å². The van der Waals surface area contributed by atoms with Gasteiger partial charge in [-0.2, -0.15) is 0 Å². The van der Waals surface area contributed by atoms with Crippen LogP contribution in [-0.4, -0.2) is 15.1 Å². The van der Waals surface area contributed by atoms with Gasteiger partial charge in [0, 0.05) is 22.5 Å². The summed E-state index contributed by atoms with van der Waals surface area (Å²) in [6.07, 6.45) is 4.05. The van der Waals surface area contributed by atoms with Gasteiger partial charge in [-0.3, -0.25) is 4.98 Å². The Morgan fingerprint density at radius 2 is 1.54 bits per heavy atom. The Morgan fingerprint density at radius 1 is 0.885 bits per heavy atom. The van der Waals surface area contributed by atoms with Gasteiger partial charge in [0.1, 0.15) is 11.4 Å². The van der Waals surface area contributed by atoms with Crippen molar-refractivity contribution in [3.63, 3.8) is 0 Å². The summed E-state index contributed by atoms with van der Waals surface area (Å²) in [6.45, 7) is 11.1. The molecule has 0 spiro atoms. The van der Waals surface area contributed by atoms with Crippen molar-refractivity contribution in [2.45, 2.75) is 58.3 Å². The average Bonchev–Trinajstić information content (AvgIpc) is 3.09. The van der Waals surface area contributed by atoms with E-state index >= 15 is 0 Å². The maximum absolute atomic E-state index is 5.59. The number of hydrogen-bond acceptors (Lipinski definition) is 4. The molecule has 0 saturated carbocycles. The Kier molecular flexibility index (Phi) is 3.76. The zero-order valence-corrected chi connectivity index (χ0v) is 16.1. The smallest absolute Gasteiger partial charge is 0.187 e. The maximum atomic E-state index is 5.59. The monoisotopic (exact) mass is 347 g/mol. The molecule has 26 heavy (non-hydrogen) atoms. The first-order valence-electron chi connectivity index (χ1n) is 9.18. The highest BCUT2D eigenvalue weighted by molar-refractivity contribution is 5.65. The standard InChI is InChI=1S/C22H25N3O/c1-14-6-8-15(9-7-14)16-12-18(26-25-16)17-13-23-19-20(24-17)22(4,5)11-10-21(19,2)3/h6-9,12-13H,10-11H2,1-5H3. The van der Waals surface area contributed by atoms with Crippen LogP contribution in [0, 0.1) is 6.92 Å². The molecule has 0 aliphatic heterocycles. The van der Waals surface area contributed by atoms with Gasteiger partial charge in [-0.25, -0.2) is 4.98 Å². The molecule has 0 fully saturated rings. The van der Waals surface area contributed by atoms with Crippen LogP contribution in [0.15, 0.2) is 41.1 Å². The van der Waals surface area contributed by atoms with Crippen molar-refractivity contribution in [1.82, 2.24) is 15.1 Å². The Hall–Kier alpha value is -2.49. The maximum Gasteiger partial charge on any atom is 0.187 e. The zero-order valence-electron chi connectivity index (χ0n) is 16.1. The van der Waals surface area contributed by atoms with Crippen LogP contribution >= 0.6 is 0 Å². The summed E-state index contributed by atoms with van der Waals surface area (Å²) >= 11 is 0. The summed E-state index contributed by atoms with van der Waals surface area (Å²) in [6, 6.07) is 10.2. The lowest BCUT2D eigenvalue weighted by atomic mass is 9.67. The second-order valence-corrected chi connectivity index (χ2v) is 8.66. The molecule has 0 radical (unpaired) electrons. The first-order valence-corrected chi connectivity index (χ1v) is 9.18. The third-order valence-electron chi connectivity index (χ3n) is 5.54. The van der Waals surface area contributed by atoms with Crippen LogP contribution in [0.25, 0.3) is 22.7 Å². The van der Waals surface area contributed by atoms with Crippen molar-refractivity contribution in [2.75, 3.05) is 0 Å². The molecule has 2 heterocycles. The lowest BCUT2D eigenvalue weighted by Crippen LogP contribution is -2.36. The highest BCUT2D eigenvalue weighted by Gasteiger charge is 2.39. The molecule has 4 heteroatoms. The number of benzene rings is 1. The van der Waals surface area contributed by atoms with Gasteiger partial charge in [0.25, 0.3) is 0 Å². The van der Waals surface area contributed by atoms with E-state index in [2.05, 4.69) is 64.0 Å². The summed E-state index contributed by atoms with van der Waals surface area (Å²) in [5.74, 6) is 0.662. The first-order chi connectivity index (χ1) is 12.3. The Balaban J connectivity index is 1.75. The lowest BCUT2D eigenvalue weighted by Gasteiger charge is -2.39. The third kappa shape index (κ3) is 2.83. The normalized spacial score (nSPS) is 17.7. The number of fused-ring (bicyclic) bond motifs is 1. The highest BCUT2D eigenvalue weighted by atomic mass is 16.5. The van der Waals surface area contributed by atoms with Crippen LogP contribution in [0.5, 0.6) is 0 Å². The van der Waals surface area contributed by atoms with Crippen molar-refractivity contribution >= 4 is 0 Å². The molecule has 1 aromatic carbocycles. The molecule has 2 aromatic heterocycles. The van der Waals surface area contributed by atoms with E-state index in [4.69, 9.17) is 14.5 Å². The van der Waals surface area contributed by atoms with Gasteiger partial charge in [0.2, 0.25) is 0 Å². The van der Waals surface area contributed by atoms with Crippen LogP contribution < -0.4 is 0 Å².